The van der Waals surface area contributed by atoms with Crippen molar-refractivity contribution in [3.8, 4) is 11.1 Å². The molecule has 0 aliphatic heterocycles. The van der Waals surface area contributed by atoms with Crippen LogP contribution in [0.15, 0.2) is 45.3 Å². The van der Waals surface area contributed by atoms with Gasteiger partial charge in [0.2, 0.25) is 0 Å². The van der Waals surface area contributed by atoms with E-state index in [-0.39, 0.29) is 11.9 Å². The molecule has 0 spiro atoms. The maximum absolute atomic E-state index is 12.3. The highest BCUT2D eigenvalue weighted by atomic mass is 79.9. The third-order valence-corrected chi connectivity index (χ3v) is 5.12. The van der Waals surface area contributed by atoms with Gasteiger partial charge in [-0.3, -0.25) is 4.79 Å². The Kier molecular flexibility index (Phi) is 5.74. The van der Waals surface area contributed by atoms with Crippen LogP contribution in [0.3, 0.4) is 0 Å². The van der Waals surface area contributed by atoms with Gasteiger partial charge in [-0.05, 0) is 53.4 Å². The third kappa shape index (κ3) is 3.73. The molecular weight excluding hydrogens is 436 g/mol. The monoisotopic (exact) mass is 452 g/mol. The Morgan fingerprint density at radius 2 is 1.58 bits per heavy atom. The SMILES string of the molecule is CCOCCOC(=O)CC1c2cc(Br)ccc2-c2ccc(Br)cc21. The molecule has 0 bridgehead atoms. The Labute approximate surface area is 158 Å². The summed E-state index contributed by atoms with van der Waals surface area (Å²) in [6.45, 7) is 3.29. The van der Waals surface area contributed by atoms with Gasteiger partial charge >= 0.3 is 5.97 Å². The standard InChI is InChI=1S/C19H18Br2O3/c1-2-23-7-8-24-19(22)11-18-16-9-12(20)3-5-14(16)15-6-4-13(21)10-17(15)18/h3-6,9-10,18H,2,7-8,11H2,1H3. The van der Waals surface area contributed by atoms with E-state index >= 15 is 0 Å². The number of hydrogen-bond donors (Lipinski definition) is 0. The maximum Gasteiger partial charge on any atom is 0.306 e. The summed E-state index contributed by atoms with van der Waals surface area (Å²) >= 11 is 7.07. The summed E-state index contributed by atoms with van der Waals surface area (Å²) in [7, 11) is 0. The van der Waals surface area contributed by atoms with Crippen molar-refractivity contribution >= 4 is 37.8 Å². The molecule has 0 unspecified atom stereocenters. The molecule has 0 heterocycles. The van der Waals surface area contributed by atoms with Crippen molar-refractivity contribution in [2.24, 2.45) is 0 Å². The molecule has 5 heteroatoms. The smallest absolute Gasteiger partial charge is 0.306 e. The summed E-state index contributed by atoms with van der Waals surface area (Å²) in [5.74, 6) is -0.178. The van der Waals surface area contributed by atoms with Crippen molar-refractivity contribution in [2.45, 2.75) is 19.3 Å². The molecule has 3 nitrogen and oxygen atoms in total. The van der Waals surface area contributed by atoms with Crippen LogP contribution in [0.1, 0.15) is 30.4 Å². The van der Waals surface area contributed by atoms with Gasteiger partial charge in [-0.1, -0.05) is 44.0 Å². The molecule has 0 amide bonds. The zero-order chi connectivity index (χ0) is 17.1. The van der Waals surface area contributed by atoms with E-state index in [0.29, 0.717) is 26.2 Å². The molecule has 2 aromatic carbocycles. The highest BCUT2D eigenvalue weighted by Crippen LogP contribution is 2.48. The minimum absolute atomic E-state index is 0.0181. The minimum atomic E-state index is -0.196. The Hall–Kier alpha value is -1.17. The fourth-order valence-corrected chi connectivity index (χ4v) is 3.86. The van der Waals surface area contributed by atoms with Crippen LogP contribution in [0, 0.1) is 0 Å². The second-order valence-electron chi connectivity index (χ2n) is 5.64. The minimum Gasteiger partial charge on any atom is -0.463 e. The van der Waals surface area contributed by atoms with Crippen molar-refractivity contribution in [1.82, 2.24) is 0 Å². The number of halogens is 2. The first-order chi connectivity index (χ1) is 11.6. The van der Waals surface area contributed by atoms with Gasteiger partial charge in [0.25, 0.3) is 0 Å². The van der Waals surface area contributed by atoms with Crippen molar-refractivity contribution < 1.29 is 14.3 Å². The predicted molar refractivity (Wildman–Crippen MR) is 101 cm³/mol. The quantitative estimate of drug-likeness (QED) is 0.440. The summed E-state index contributed by atoms with van der Waals surface area (Å²) in [6, 6.07) is 12.5. The van der Waals surface area contributed by atoms with E-state index in [4.69, 9.17) is 9.47 Å². The van der Waals surface area contributed by atoms with Crippen molar-refractivity contribution in [3.05, 3.63) is 56.5 Å². The molecule has 0 atom stereocenters. The Bertz CT molecular complexity index is 707. The normalized spacial score (nSPS) is 12.8. The molecule has 3 rings (SSSR count). The van der Waals surface area contributed by atoms with Gasteiger partial charge in [0.15, 0.2) is 0 Å². The van der Waals surface area contributed by atoms with Gasteiger partial charge in [0, 0.05) is 21.5 Å². The first kappa shape index (κ1) is 17.6. The maximum atomic E-state index is 12.3. The summed E-state index contributed by atoms with van der Waals surface area (Å²) in [4.78, 5) is 12.3. The fourth-order valence-electron chi connectivity index (χ4n) is 3.11. The van der Waals surface area contributed by atoms with Crippen LogP contribution in [0.2, 0.25) is 0 Å². The zero-order valence-corrected chi connectivity index (χ0v) is 16.5. The molecular formula is C19H18Br2O3. The van der Waals surface area contributed by atoms with Crippen LogP contribution < -0.4 is 0 Å². The topological polar surface area (TPSA) is 35.5 Å². The second-order valence-corrected chi connectivity index (χ2v) is 7.47. The van der Waals surface area contributed by atoms with Gasteiger partial charge in [0.05, 0.1) is 13.0 Å². The largest absolute Gasteiger partial charge is 0.463 e. The van der Waals surface area contributed by atoms with E-state index in [2.05, 4.69) is 56.1 Å². The highest BCUT2D eigenvalue weighted by Gasteiger charge is 2.31. The third-order valence-electron chi connectivity index (χ3n) is 4.13. The number of hydrogen-bond acceptors (Lipinski definition) is 3. The van der Waals surface area contributed by atoms with E-state index in [9.17, 15) is 4.79 Å². The Morgan fingerprint density at radius 1 is 1.00 bits per heavy atom. The molecule has 0 fully saturated rings. The van der Waals surface area contributed by atoms with Crippen LogP contribution >= 0.6 is 31.9 Å². The first-order valence-electron chi connectivity index (χ1n) is 7.92. The van der Waals surface area contributed by atoms with Gasteiger partial charge in [-0.25, -0.2) is 0 Å². The van der Waals surface area contributed by atoms with Crippen LogP contribution in [0.5, 0.6) is 0 Å². The lowest BCUT2D eigenvalue weighted by Gasteiger charge is -2.14. The lowest BCUT2D eigenvalue weighted by Crippen LogP contribution is -2.13. The number of rotatable bonds is 6. The highest BCUT2D eigenvalue weighted by molar-refractivity contribution is 9.10. The Balaban J connectivity index is 1.83. The van der Waals surface area contributed by atoms with Gasteiger partial charge < -0.3 is 9.47 Å². The summed E-state index contributed by atoms with van der Waals surface area (Å²) < 4.78 is 12.6. The van der Waals surface area contributed by atoms with Gasteiger partial charge in [-0.15, -0.1) is 0 Å². The lowest BCUT2D eigenvalue weighted by molar-refractivity contribution is -0.145. The number of fused-ring (bicyclic) bond motifs is 3. The van der Waals surface area contributed by atoms with Crippen LogP contribution in [-0.4, -0.2) is 25.8 Å². The molecule has 126 valence electrons. The zero-order valence-electron chi connectivity index (χ0n) is 13.4. The molecule has 2 aromatic rings. The number of carbonyl (C=O) groups is 1. The first-order valence-corrected chi connectivity index (χ1v) is 9.51. The molecule has 0 radical (unpaired) electrons. The van der Waals surface area contributed by atoms with E-state index in [0.717, 1.165) is 8.95 Å². The summed E-state index contributed by atoms with van der Waals surface area (Å²) in [6.07, 6.45) is 0.332. The number of benzene rings is 2. The Morgan fingerprint density at radius 3 is 2.12 bits per heavy atom. The number of ether oxygens (including phenoxy) is 2. The van der Waals surface area contributed by atoms with E-state index < -0.39 is 0 Å². The lowest BCUT2D eigenvalue weighted by atomic mass is 9.94. The predicted octanol–water partition coefficient (Wildman–Crippen LogP) is 5.29. The number of carbonyl (C=O) groups excluding carboxylic acids is 1. The summed E-state index contributed by atoms with van der Waals surface area (Å²) in [5, 5.41) is 0. The van der Waals surface area contributed by atoms with E-state index in [1.165, 1.54) is 22.3 Å². The molecule has 0 aromatic heterocycles. The van der Waals surface area contributed by atoms with Crippen molar-refractivity contribution in [3.63, 3.8) is 0 Å². The molecule has 0 saturated heterocycles. The second kappa shape index (κ2) is 7.81. The molecule has 0 N–H and O–H groups in total. The number of esters is 1. The van der Waals surface area contributed by atoms with Crippen molar-refractivity contribution in [2.75, 3.05) is 19.8 Å². The van der Waals surface area contributed by atoms with Gasteiger partial charge in [-0.2, -0.15) is 0 Å². The van der Waals surface area contributed by atoms with Crippen molar-refractivity contribution in [1.29, 1.82) is 0 Å². The molecule has 1 aliphatic rings. The molecule has 24 heavy (non-hydrogen) atoms. The average Bonchev–Trinajstić information content (AvgIpc) is 2.84. The van der Waals surface area contributed by atoms with E-state index in [1.807, 2.05) is 19.1 Å². The summed E-state index contributed by atoms with van der Waals surface area (Å²) in [5.41, 5.74) is 4.71. The van der Waals surface area contributed by atoms with Crippen LogP contribution in [0.4, 0.5) is 0 Å². The fraction of sp³-hybridized carbons (Fsp3) is 0.316. The average molecular weight is 454 g/mol. The molecule has 0 saturated carbocycles. The van der Waals surface area contributed by atoms with Gasteiger partial charge in [0.1, 0.15) is 6.61 Å². The van der Waals surface area contributed by atoms with E-state index in [1.54, 1.807) is 0 Å². The van der Waals surface area contributed by atoms with Crippen LogP contribution in [-0.2, 0) is 14.3 Å². The molecule has 1 aliphatic carbocycles. The van der Waals surface area contributed by atoms with Crippen LogP contribution in [0.25, 0.3) is 11.1 Å².